The molecule has 5 nitrogen and oxygen atoms in total. The van der Waals surface area contributed by atoms with Crippen molar-refractivity contribution in [2.75, 3.05) is 31.4 Å². The van der Waals surface area contributed by atoms with Crippen molar-refractivity contribution in [1.82, 2.24) is 4.98 Å². The van der Waals surface area contributed by atoms with E-state index in [9.17, 15) is 4.79 Å². The van der Waals surface area contributed by atoms with Gasteiger partial charge in [-0.25, -0.2) is 4.98 Å². The first-order valence-electron chi connectivity index (χ1n) is 6.22. The van der Waals surface area contributed by atoms with Crippen LogP contribution < -0.4 is 15.0 Å². The molecule has 5 heteroatoms. The summed E-state index contributed by atoms with van der Waals surface area (Å²) in [6.07, 6.45) is 1.56. The molecule has 1 heterocycles. The fourth-order valence-electron chi connectivity index (χ4n) is 1.88. The van der Waals surface area contributed by atoms with Crippen LogP contribution in [0.25, 0.3) is 0 Å². The first kappa shape index (κ1) is 13.9. The number of hydrogen-bond donors (Lipinski definition) is 1. The zero-order valence-corrected chi connectivity index (χ0v) is 11.8. The molecule has 0 unspecified atom stereocenters. The zero-order chi connectivity index (χ0) is 14.5. The largest absolute Gasteiger partial charge is 0.495 e. The average Bonchev–Trinajstić information content (AvgIpc) is 2.53. The molecule has 0 saturated carbocycles. The normalized spacial score (nSPS) is 9.95. The second-order valence-electron chi connectivity index (χ2n) is 4.22. The van der Waals surface area contributed by atoms with Crippen LogP contribution in [0.4, 0.5) is 11.5 Å². The molecule has 2 aromatic rings. The zero-order valence-electron chi connectivity index (χ0n) is 11.8. The van der Waals surface area contributed by atoms with E-state index in [1.54, 1.807) is 44.4 Å². The number of rotatable bonds is 4. The minimum atomic E-state index is -0.135. The number of nitrogens with zero attached hydrogens (tertiary/aromatic N) is 2. The lowest BCUT2D eigenvalue weighted by Gasteiger charge is -2.19. The Morgan fingerprint density at radius 2 is 2.00 bits per heavy atom. The summed E-state index contributed by atoms with van der Waals surface area (Å²) in [6.45, 7) is 0. The molecule has 0 aliphatic carbocycles. The van der Waals surface area contributed by atoms with E-state index < -0.39 is 0 Å². The highest BCUT2D eigenvalue weighted by atomic mass is 16.5. The van der Waals surface area contributed by atoms with Crippen LogP contribution in [-0.2, 0) is 0 Å². The van der Waals surface area contributed by atoms with Gasteiger partial charge in [-0.05, 0) is 24.3 Å². The number of para-hydroxylation sites is 2. The Bertz CT molecular complexity index is 596. The van der Waals surface area contributed by atoms with Crippen LogP contribution in [-0.4, -0.2) is 32.1 Å². The van der Waals surface area contributed by atoms with E-state index in [0.29, 0.717) is 11.3 Å². The van der Waals surface area contributed by atoms with Crippen molar-refractivity contribution in [2.45, 2.75) is 0 Å². The topological polar surface area (TPSA) is 54.5 Å². The molecule has 0 radical (unpaired) electrons. The molecule has 0 atom stereocenters. The Labute approximate surface area is 118 Å². The second-order valence-corrected chi connectivity index (χ2v) is 4.22. The summed E-state index contributed by atoms with van der Waals surface area (Å²) in [5.74, 6) is 1.24. The molecule has 1 amide bonds. The van der Waals surface area contributed by atoms with Crippen molar-refractivity contribution in [3.63, 3.8) is 0 Å². The van der Waals surface area contributed by atoms with Crippen LogP contribution in [0.5, 0.6) is 5.75 Å². The Morgan fingerprint density at radius 3 is 2.60 bits per heavy atom. The molecule has 0 bridgehead atoms. The molecular formula is C15H17N3O2. The number of nitrogens with one attached hydrogen (secondary N) is 1. The summed E-state index contributed by atoms with van der Waals surface area (Å²) in [6, 6.07) is 10.9. The predicted octanol–water partition coefficient (Wildman–Crippen LogP) is 2.41. The van der Waals surface area contributed by atoms with E-state index >= 15 is 0 Å². The number of hydrogen-bond acceptors (Lipinski definition) is 4. The summed E-state index contributed by atoms with van der Waals surface area (Å²) >= 11 is 0. The monoisotopic (exact) mass is 271 g/mol. The first-order valence-corrected chi connectivity index (χ1v) is 6.22. The van der Waals surface area contributed by atoms with Crippen LogP contribution in [0.3, 0.4) is 0 Å². The summed E-state index contributed by atoms with van der Waals surface area (Å²) in [4.78, 5) is 18.1. The van der Waals surface area contributed by atoms with Gasteiger partial charge in [0.05, 0.1) is 18.4 Å². The molecule has 1 aromatic carbocycles. The van der Waals surface area contributed by atoms with Gasteiger partial charge in [-0.2, -0.15) is 0 Å². The molecule has 1 aromatic heterocycles. The molecule has 2 rings (SSSR count). The highest BCUT2D eigenvalue weighted by Gasteiger charge is 2.16. The smallest absolute Gasteiger partial charge is 0.259 e. The van der Waals surface area contributed by atoms with Crippen molar-refractivity contribution in [3.8, 4) is 5.75 Å². The summed E-state index contributed by atoms with van der Waals surface area (Å²) in [7, 11) is 5.08. The van der Waals surface area contributed by atoms with Gasteiger partial charge in [0.15, 0.2) is 0 Å². The van der Waals surface area contributed by atoms with E-state index in [0.717, 1.165) is 11.5 Å². The van der Waals surface area contributed by atoms with E-state index in [1.165, 1.54) is 0 Å². The van der Waals surface area contributed by atoms with Crippen LogP contribution in [0, 0.1) is 0 Å². The van der Waals surface area contributed by atoms with Gasteiger partial charge in [-0.1, -0.05) is 12.1 Å². The SMILES string of the molecule is CNc1ccc(C(=O)N(C)c2ccccc2OC)cn1. The van der Waals surface area contributed by atoms with Crippen molar-refractivity contribution < 1.29 is 9.53 Å². The molecule has 0 aliphatic heterocycles. The Hall–Kier alpha value is -2.56. The fourth-order valence-corrected chi connectivity index (χ4v) is 1.88. The third-order valence-electron chi connectivity index (χ3n) is 3.02. The average molecular weight is 271 g/mol. The van der Waals surface area contributed by atoms with E-state index in [-0.39, 0.29) is 5.91 Å². The highest BCUT2D eigenvalue weighted by Crippen LogP contribution is 2.27. The summed E-state index contributed by atoms with van der Waals surface area (Å²) < 4.78 is 5.27. The molecule has 0 fully saturated rings. The number of anilines is 2. The van der Waals surface area contributed by atoms with Gasteiger partial charge < -0.3 is 15.0 Å². The third-order valence-corrected chi connectivity index (χ3v) is 3.02. The lowest BCUT2D eigenvalue weighted by atomic mass is 10.2. The van der Waals surface area contributed by atoms with E-state index in [4.69, 9.17) is 4.74 Å². The maximum absolute atomic E-state index is 12.4. The van der Waals surface area contributed by atoms with E-state index in [1.807, 2.05) is 24.3 Å². The Balaban J connectivity index is 2.27. The van der Waals surface area contributed by atoms with Gasteiger partial charge >= 0.3 is 0 Å². The quantitative estimate of drug-likeness (QED) is 0.927. The highest BCUT2D eigenvalue weighted by molar-refractivity contribution is 6.06. The number of ether oxygens (including phenoxy) is 1. The fraction of sp³-hybridized carbons (Fsp3) is 0.200. The number of benzene rings is 1. The van der Waals surface area contributed by atoms with Gasteiger partial charge in [0.1, 0.15) is 11.6 Å². The molecule has 0 spiro atoms. The predicted molar refractivity (Wildman–Crippen MR) is 79.5 cm³/mol. The molecule has 0 saturated heterocycles. The van der Waals surface area contributed by atoms with Crippen molar-refractivity contribution in [1.29, 1.82) is 0 Å². The maximum Gasteiger partial charge on any atom is 0.259 e. The number of aromatic nitrogens is 1. The van der Waals surface area contributed by atoms with Gasteiger partial charge in [-0.3, -0.25) is 4.79 Å². The van der Waals surface area contributed by atoms with Gasteiger partial charge in [-0.15, -0.1) is 0 Å². The summed E-state index contributed by atoms with van der Waals surface area (Å²) in [5.41, 5.74) is 1.25. The summed E-state index contributed by atoms with van der Waals surface area (Å²) in [5, 5.41) is 2.92. The van der Waals surface area contributed by atoms with Crippen molar-refractivity contribution >= 4 is 17.4 Å². The molecule has 1 N–H and O–H groups in total. The number of amides is 1. The van der Waals surface area contributed by atoms with Crippen molar-refractivity contribution in [3.05, 3.63) is 48.2 Å². The second kappa shape index (κ2) is 6.06. The van der Waals surface area contributed by atoms with Gasteiger partial charge in [0.2, 0.25) is 0 Å². The molecule has 104 valence electrons. The molecule has 20 heavy (non-hydrogen) atoms. The van der Waals surface area contributed by atoms with Crippen LogP contribution >= 0.6 is 0 Å². The van der Waals surface area contributed by atoms with Crippen LogP contribution in [0.1, 0.15) is 10.4 Å². The standard InChI is InChI=1S/C15H17N3O2/c1-16-14-9-8-11(10-17-14)15(19)18(2)12-6-4-5-7-13(12)20-3/h4-10H,1-3H3,(H,16,17). The minimum absolute atomic E-state index is 0.135. The first-order chi connectivity index (χ1) is 9.67. The van der Waals surface area contributed by atoms with Gasteiger partial charge in [0, 0.05) is 20.3 Å². The Morgan fingerprint density at radius 1 is 1.25 bits per heavy atom. The van der Waals surface area contributed by atoms with Crippen LogP contribution in [0.2, 0.25) is 0 Å². The number of methoxy groups -OCH3 is 1. The molecule has 0 aliphatic rings. The maximum atomic E-state index is 12.4. The number of pyridine rings is 1. The lowest BCUT2D eigenvalue weighted by Crippen LogP contribution is -2.26. The van der Waals surface area contributed by atoms with Crippen LogP contribution in [0.15, 0.2) is 42.6 Å². The van der Waals surface area contributed by atoms with E-state index in [2.05, 4.69) is 10.3 Å². The van der Waals surface area contributed by atoms with Crippen molar-refractivity contribution in [2.24, 2.45) is 0 Å². The Kier molecular flexibility index (Phi) is 4.20. The minimum Gasteiger partial charge on any atom is -0.495 e. The molecular weight excluding hydrogens is 254 g/mol. The third kappa shape index (κ3) is 2.71. The van der Waals surface area contributed by atoms with Gasteiger partial charge in [0.25, 0.3) is 5.91 Å². The number of carbonyl (C=O) groups excluding carboxylic acids is 1. The lowest BCUT2D eigenvalue weighted by molar-refractivity contribution is 0.0992. The number of carbonyl (C=O) groups is 1.